The van der Waals surface area contributed by atoms with Crippen LogP contribution < -0.4 is 0 Å². The van der Waals surface area contributed by atoms with Crippen molar-refractivity contribution in [2.75, 3.05) is 0 Å². The lowest BCUT2D eigenvalue weighted by atomic mass is 9.69. The molecule has 2 saturated carbocycles. The van der Waals surface area contributed by atoms with Crippen LogP contribution in [0.1, 0.15) is 87.9 Å². The van der Waals surface area contributed by atoms with Crippen LogP contribution in [0, 0.1) is 17.8 Å². The third kappa shape index (κ3) is 6.34. The van der Waals surface area contributed by atoms with Crippen LogP contribution in [0.25, 0.3) is 0 Å². The Morgan fingerprint density at radius 2 is 1.90 bits per heavy atom. The lowest BCUT2D eigenvalue weighted by Gasteiger charge is -2.38. The van der Waals surface area contributed by atoms with Crippen LogP contribution in [-0.4, -0.2) is 32.8 Å². The third-order valence-electron chi connectivity index (χ3n) is 7.22. The summed E-state index contributed by atoms with van der Waals surface area (Å²) in [5.74, 6) is 0.501. The molecular weight excluding hydrogens is 412 g/mol. The smallest absolute Gasteiger partial charge is 0.303 e. The highest BCUT2D eigenvalue weighted by Crippen LogP contribution is 2.46. The summed E-state index contributed by atoms with van der Waals surface area (Å²) in [6.07, 6.45) is 10.9. The van der Waals surface area contributed by atoms with Gasteiger partial charge in [0.25, 0.3) is 0 Å². The predicted octanol–water partition coefficient (Wildman–Crippen LogP) is 5.82. The molecule has 31 heavy (non-hydrogen) atoms. The number of unbranched alkanes of at least 4 members (excludes halogenated alkanes) is 1. The minimum atomic E-state index is -0.764. The van der Waals surface area contributed by atoms with E-state index < -0.39 is 18.2 Å². The highest BCUT2D eigenvalue weighted by atomic mass is 35.5. The van der Waals surface area contributed by atoms with E-state index in [1.807, 2.05) is 30.3 Å². The zero-order chi connectivity index (χ0) is 22.4. The highest BCUT2D eigenvalue weighted by Gasteiger charge is 2.42. The van der Waals surface area contributed by atoms with Gasteiger partial charge < -0.3 is 15.3 Å². The number of carboxylic acids is 1. The molecule has 2 aliphatic carbocycles. The van der Waals surface area contributed by atoms with Crippen LogP contribution in [0.15, 0.2) is 36.4 Å². The van der Waals surface area contributed by atoms with Gasteiger partial charge in [0.15, 0.2) is 0 Å². The number of alkyl halides is 1. The topological polar surface area (TPSA) is 77.8 Å². The second-order valence-electron chi connectivity index (χ2n) is 9.50. The van der Waals surface area contributed by atoms with Crippen LogP contribution >= 0.6 is 11.6 Å². The summed E-state index contributed by atoms with van der Waals surface area (Å²) in [7, 11) is 0. The Kier molecular flexibility index (Phi) is 9.00. The first-order chi connectivity index (χ1) is 14.9. The normalized spacial score (nSPS) is 31.6. The molecule has 4 nitrogen and oxygen atoms in total. The number of rotatable bonds is 11. The highest BCUT2D eigenvalue weighted by molar-refractivity contribution is 6.21. The lowest BCUT2D eigenvalue weighted by molar-refractivity contribution is -0.137. The Balaban J connectivity index is 1.57. The first-order valence-corrected chi connectivity index (χ1v) is 12.3. The van der Waals surface area contributed by atoms with Crippen molar-refractivity contribution in [3.8, 4) is 0 Å². The number of hydrogen-bond acceptors (Lipinski definition) is 3. The summed E-state index contributed by atoms with van der Waals surface area (Å²) < 4.78 is 0. The molecule has 0 bridgehead atoms. The standard InChI is InChI=1S/C26H37ClO4/c1-2-7-17-14-20(15-17)26(31)19-12-10-18(11-13-19)25-21(22(27)16-23(25)28)8-5-3-4-6-9-24(29)30/h3,5,10-13,17,20-23,25-26,28,31H,2,4,6-9,14-16H2,1H3,(H,29,30)/t17?,20?,21-,22+,23+,25+,26?/m0/s1. The van der Waals surface area contributed by atoms with Crippen LogP contribution in [0.4, 0.5) is 0 Å². The molecule has 1 unspecified atom stereocenters. The number of halogens is 1. The van der Waals surface area contributed by atoms with Crippen LogP contribution in [-0.2, 0) is 4.79 Å². The van der Waals surface area contributed by atoms with Gasteiger partial charge in [-0.25, -0.2) is 0 Å². The molecule has 0 spiro atoms. The van der Waals surface area contributed by atoms with Crippen LogP contribution in [0.2, 0.25) is 0 Å². The molecule has 3 rings (SSSR count). The maximum absolute atomic E-state index is 10.7. The molecule has 3 N–H and O–H groups in total. The van der Waals surface area contributed by atoms with E-state index in [2.05, 4.69) is 13.0 Å². The van der Waals surface area contributed by atoms with Gasteiger partial charge in [0, 0.05) is 17.7 Å². The zero-order valence-corrected chi connectivity index (χ0v) is 19.3. The molecule has 0 aromatic heterocycles. The van der Waals surface area contributed by atoms with Crippen molar-refractivity contribution < 1.29 is 20.1 Å². The zero-order valence-electron chi connectivity index (χ0n) is 18.5. The Hall–Kier alpha value is -1.36. The van der Waals surface area contributed by atoms with Crippen molar-refractivity contribution in [3.63, 3.8) is 0 Å². The summed E-state index contributed by atoms with van der Waals surface area (Å²) >= 11 is 6.58. The molecule has 1 aromatic rings. The number of hydrogen-bond donors (Lipinski definition) is 3. The average Bonchev–Trinajstić information content (AvgIpc) is 2.99. The fraction of sp³-hybridized carbons (Fsp3) is 0.654. The molecule has 2 aliphatic rings. The summed E-state index contributed by atoms with van der Waals surface area (Å²) in [6.45, 7) is 2.22. The molecule has 172 valence electrons. The van der Waals surface area contributed by atoms with Crippen LogP contribution in [0.3, 0.4) is 0 Å². The van der Waals surface area contributed by atoms with Crippen LogP contribution in [0.5, 0.6) is 0 Å². The number of carboxylic acid groups (broad SMARTS) is 1. The number of aliphatic carboxylic acids is 1. The number of aliphatic hydroxyl groups is 2. The number of carbonyl (C=O) groups is 1. The summed E-state index contributed by atoms with van der Waals surface area (Å²) in [5.41, 5.74) is 2.04. The van der Waals surface area contributed by atoms with E-state index in [4.69, 9.17) is 16.7 Å². The van der Waals surface area contributed by atoms with E-state index in [0.717, 1.165) is 42.7 Å². The van der Waals surface area contributed by atoms with Crippen molar-refractivity contribution in [1.29, 1.82) is 0 Å². The van der Waals surface area contributed by atoms with Gasteiger partial charge in [-0.2, -0.15) is 0 Å². The molecule has 2 fully saturated rings. The van der Waals surface area contributed by atoms with Gasteiger partial charge in [0.1, 0.15) is 0 Å². The molecule has 0 heterocycles. The minimum Gasteiger partial charge on any atom is -0.481 e. The minimum absolute atomic E-state index is 0.0185. The second-order valence-corrected chi connectivity index (χ2v) is 10.1. The Morgan fingerprint density at radius 1 is 1.19 bits per heavy atom. The summed E-state index contributed by atoms with van der Waals surface area (Å²) in [5, 5.41) is 30.0. The van der Waals surface area contributed by atoms with Crippen molar-refractivity contribution in [1.82, 2.24) is 0 Å². The first-order valence-electron chi connectivity index (χ1n) is 11.9. The van der Waals surface area contributed by atoms with Gasteiger partial charge in [0.2, 0.25) is 0 Å². The van der Waals surface area contributed by atoms with Crippen molar-refractivity contribution in [2.45, 2.75) is 88.2 Å². The van der Waals surface area contributed by atoms with Gasteiger partial charge in [-0.1, -0.05) is 56.2 Å². The Labute approximate surface area is 191 Å². The van der Waals surface area contributed by atoms with Crippen molar-refractivity contribution in [3.05, 3.63) is 47.5 Å². The SMILES string of the molecule is CCCC1CC(C(O)c2ccc([C@@H]3[C@@H](CC=CCCCC(=O)O)[C@H](Cl)C[C@H]3O)cc2)C1. The number of allylic oxidation sites excluding steroid dienone is 2. The monoisotopic (exact) mass is 448 g/mol. The lowest BCUT2D eigenvalue weighted by Crippen LogP contribution is -2.29. The van der Waals surface area contributed by atoms with Gasteiger partial charge in [0.05, 0.1) is 12.2 Å². The number of benzene rings is 1. The fourth-order valence-electron chi connectivity index (χ4n) is 5.44. The molecule has 0 amide bonds. The first kappa shape index (κ1) is 24.3. The maximum atomic E-state index is 10.7. The van der Waals surface area contributed by atoms with Gasteiger partial charge in [-0.05, 0) is 67.4 Å². The largest absolute Gasteiger partial charge is 0.481 e. The third-order valence-corrected chi connectivity index (χ3v) is 7.72. The molecular formula is C26H37ClO4. The Morgan fingerprint density at radius 3 is 2.55 bits per heavy atom. The molecule has 0 aliphatic heterocycles. The van der Waals surface area contributed by atoms with Gasteiger partial charge in [-0.15, -0.1) is 11.6 Å². The molecule has 0 saturated heterocycles. The maximum Gasteiger partial charge on any atom is 0.303 e. The predicted molar refractivity (Wildman–Crippen MR) is 124 cm³/mol. The quantitative estimate of drug-likeness (QED) is 0.226. The molecule has 5 heteroatoms. The van der Waals surface area contributed by atoms with E-state index in [9.17, 15) is 15.0 Å². The van der Waals surface area contributed by atoms with Crippen molar-refractivity contribution >= 4 is 17.6 Å². The average molecular weight is 449 g/mol. The van der Waals surface area contributed by atoms with E-state index in [1.54, 1.807) is 0 Å². The molecule has 1 aromatic carbocycles. The van der Waals surface area contributed by atoms with Gasteiger partial charge in [-0.3, -0.25) is 4.79 Å². The van der Waals surface area contributed by atoms with E-state index in [0.29, 0.717) is 18.8 Å². The van der Waals surface area contributed by atoms with E-state index in [-0.39, 0.29) is 23.6 Å². The number of aliphatic hydroxyl groups excluding tert-OH is 2. The fourth-order valence-corrected chi connectivity index (χ4v) is 5.89. The van der Waals surface area contributed by atoms with E-state index >= 15 is 0 Å². The second kappa shape index (κ2) is 11.5. The van der Waals surface area contributed by atoms with Crippen molar-refractivity contribution in [2.24, 2.45) is 17.8 Å². The molecule has 0 radical (unpaired) electrons. The Bertz CT molecular complexity index is 725. The van der Waals surface area contributed by atoms with Gasteiger partial charge >= 0.3 is 5.97 Å². The summed E-state index contributed by atoms with van der Waals surface area (Å²) in [4.78, 5) is 10.6. The summed E-state index contributed by atoms with van der Waals surface area (Å²) in [6, 6.07) is 8.13. The molecule has 5 atom stereocenters. The van der Waals surface area contributed by atoms with E-state index in [1.165, 1.54) is 12.8 Å².